The molecule has 0 aliphatic heterocycles. The van der Waals surface area contributed by atoms with Crippen molar-refractivity contribution >= 4 is 12.1 Å². The van der Waals surface area contributed by atoms with Gasteiger partial charge < -0.3 is 14.8 Å². The van der Waals surface area contributed by atoms with Crippen LogP contribution < -0.4 is 5.32 Å². The summed E-state index contributed by atoms with van der Waals surface area (Å²) in [5.41, 5.74) is 0.853. The third-order valence-electron chi connectivity index (χ3n) is 2.46. The van der Waals surface area contributed by atoms with Gasteiger partial charge in [-0.2, -0.15) is 0 Å². The number of benzene rings is 1. The van der Waals surface area contributed by atoms with Gasteiger partial charge in [-0.15, -0.1) is 12.3 Å². The Kier molecular flexibility index (Phi) is 6.82. The van der Waals surface area contributed by atoms with Crippen molar-refractivity contribution in [3.8, 4) is 12.3 Å². The monoisotopic (exact) mass is 289 g/mol. The smallest absolute Gasteiger partial charge is 0.408 e. The third-order valence-corrected chi connectivity index (χ3v) is 2.46. The molecule has 21 heavy (non-hydrogen) atoms. The Morgan fingerprint density at radius 1 is 1.29 bits per heavy atom. The third kappa shape index (κ3) is 6.48. The lowest BCUT2D eigenvalue weighted by atomic mass is 10.2. The molecule has 1 rings (SSSR count). The molecule has 0 saturated heterocycles. The van der Waals surface area contributed by atoms with Gasteiger partial charge in [-0.25, -0.2) is 9.59 Å². The van der Waals surface area contributed by atoms with E-state index in [-0.39, 0.29) is 19.1 Å². The molecule has 1 aromatic rings. The normalized spacial score (nSPS) is 11.3. The number of nitrogens with one attached hydrogen (secondary N) is 1. The van der Waals surface area contributed by atoms with Gasteiger partial charge in [-0.05, 0) is 19.4 Å². The number of hydrogen-bond acceptors (Lipinski definition) is 4. The van der Waals surface area contributed by atoms with E-state index in [0.717, 1.165) is 5.56 Å². The summed E-state index contributed by atoms with van der Waals surface area (Å²) in [6.07, 6.45) is 4.25. The molecule has 5 heteroatoms. The Labute approximate surface area is 124 Å². The SMILES string of the molecule is C#CCC(NC(=O)OCc1ccccc1)C(=O)OC(C)C. The van der Waals surface area contributed by atoms with Crippen molar-refractivity contribution in [3.05, 3.63) is 35.9 Å². The molecule has 0 aliphatic carbocycles. The van der Waals surface area contributed by atoms with Crippen LogP contribution in [0.2, 0.25) is 0 Å². The van der Waals surface area contributed by atoms with E-state index < -0.39 is 18.1 Å². The summed E-state index contributed by atoms with van der Waals surface area (Å²) < 4.78 is 10.1. The molecule has 0 saturated carbocycles. The molecule has 1 aromatic carbocycles. The van der Waals surface area contributed by atoms with Gasteiger partial charge in [0.2, 0.25) is 0 Å². The lowest BCUT2D eigenvalue weighted by molar-refractivity contribution is -0.149. The molecule has 0 aromatic heterocycles. The number of rotatable bonds is 6. The Bertz CT molecular complexity index is 505. The average molecular weight is 289 g/mol. The van der Waals surface area contributed by atoms with Crippen LogP contribution in [0.1, 0.15) is 25.8 Å². The second-order valence-electron chi connectivity index (χ2n) is 4.65. The molecule has 1 amide bonds. The van der Waals surface area contributed by atoms with Crippen LogP contribution in [0.4, 0.5) is 4.79 Å². The fraction of sp³-hybridized carbons (Fsp3) is 0.375. The highest BCUT2D eigenvalue weighted by molar-refractivity contribution is 5.81. The van der Waals surface area contributed by atoms with E-state index in [1.54, 1.807) is 13.8 Å². The van der Waals surface area contributed by atoms with Gasteiger partial charge in [0.25, 0.3) is 0 Å². The predicted molar refractivity (Wildman–Crippen MR) is 78.2 cm³/mol. The summed E-state index contributed by atoms with van der Waals surface area (Å²) in [6.45, 7) is 3.56. The van der Waals surface area contributed by atoms with Gasteiger partial charge in [0.1, 0.15) is 12.6 Å². The molecule has 0 spiro atoms. The second kappa shape index (κ2) is 8.64. The summed E-state index contributed by atoms with van der Waals surface area (Å²) in [7, 11) is 0. The van der Waals surface area contributed by atoms with Crippen LogP contribution in [0.25, 0.3) is 0 Å². The van der Waals surface area contributed by atoms with Crippen LogP contribution in [0.5, 0.6) is 0 Å². The first-order valence-electron chi connectivity index (χ1n) is 6.64. The van der Waals surface area contributed by atoms with Crippen molar-refractivity contribution in [2.24, 2.45) is 0 Å². The molecule has 0 bridgehead atoms. The quantitative estimate of drug-likeness (QED) is 0.644. The van der Waals surface area contributed by atoms with Gasteiger partial charge >= 0.3 is 12.1 Å². The Morgan fingerprint density at radius 2 is 1.95 bits per heavy atom. The zero-order valence-electron chi connectivity index (χ0n) is 12.2. The molecule has 112 valence electrons. The number of carbonyl (C=O) groups excluding carboxylic acids is 2. The average Bonchev–Trinajstić information content (AvgIpc) is 2.45. The van der Waals surface area contributed by atoms with Crippen LogP contribution in [0.3, 0.4) is 0 Å². The highest BCUT2D eigenvalue weighted by Crippen LogP contribution is 2.03. The van der Waals surface area contributed by atoms with E-state index >= 15 is 0 Å². The highest BCUT2D eigenvalue weighted by atomic mass is 16.6. The number of ether oxygens (including phenoxy) is 2. The molecular formula is C16H19NO4. The van der Waals surface area contributed by atoms with Crippen molar-refractivity contribution in [1.82, 2.24) is 5.32 Å². The molecule has 1 atom stereocenters. The summed E-state index contributed by atoms with van der Waals surface area (Å²) in [5, 5.41) is 2.42. The van der Waals surface area contributed by atoms with Crippen molar-refractivity contribution in [3.63, 3.8) is 0 Å². The van der Waals surface area contributed by atoms with Gasteiger partial charge in [-0.1, -0.05) is 30.3 Å². The fourth-order valence-corrected chi connectivity index (χ4v) is 1.53. The summed E-state index contributed by atoms with van der Waals surface area (Å²) in [5.74, 6) is 1.76. The van der Waals surface area contributed by atoms with Gasteiger partial charge in [0, 0.05) is 6.42 Å². The molecular weight excluding hydrogens is 270 g/mol. The lowest BCUT2D eigenvalue weighted by Crippen LogP contribution is -2.42. The second-order valence-corrected chi connectivity index (χ2v) is 4.65. The maximum absolute atomic E-state index is 11.8. The van der Waals surface area contributed by atoms with Gasteiger partial charge in [0.15, 0.2) is 0 Å². The minimum absolute atomic E-state index is 0.0476. The largest absolute Gasteiger partial charge is 0.461 e. The van der Waals surface area contributed by atoms with Crippen LogP contribution >= 0.6 is 0 Å². The zero-order chi connectivity index (χ0) is 15.7. The van der Waals surface area contributed by atoms with Crippen LogP contribution in [0.15, 0.2) is 30.3 Å². The number of esters is 1. The Morgan fingerprint density at radius 3 is 2.52 bits per heavy atom. The van der Waals surface area contributed by atoms with E-state index in [1.165, 1.54) is 0 Å². The first kappa shape index (κ1) is 16.6. The standard InChI is InChI=1S/C16H19NO4/c1-4-8-14(15(18)21-12(2)3)17-16(19)20-11-13-9-6-5-7-10-13/h1,5-7,9-10,12,14H,8,11H2,2-3H3,(H,17,19). The first-order valence-corrected chi connectivity index (χ1v) is 6.64. The topological polar surface area (TPSA) is 64.6 Å². The van der Waals surface area contributed by atoms with Gasteiger partial charge in [0.05, 0.1) is 6.10 Å². The Balaban J connectivity index is 2.49. The minimum atomic E-state index is -0.902. The Hall–Kier alpha value is -2.48. The van der Waals surface area contributed by atoms with Crippen molar-refractivity contribution < 1.29 is 19.1 Å². The molecule has 1 N–H and O–H groups in total. The van der Waals surface area contributed by atoms with Crippen LogP contribution in [-0.4, -0.2) is 24.2 Å². The molecule has 5 nitrogen and oxygen atoms in total. The summed E-state index contributed by atoms with van der Waals surface area (Å²) in [6, 6.07) is 8.32. The first-order chi connectivity index (χ1) is 10.0. The minimum Gasteiger partial charge on any atom is -0.461 e. The molecule has 0 aliphatic rings. The maximum atomic E-state index is 11.8. The number of terminal acetylenes is 1. The molecule has 1 unspecified atom stereocenters. The molecule has 0 heterocycles. The van der Waals surface area contributed by atoms with E-state index in [9.17, 15) is 9.59 Å². The lowest BCUT2D eigenvalue weighted by Gasteiger charge is -2.17. The van der Waals surface area contributed by atoms with E-state index in [2.05, 4.69) is 11.2 Å². The summed E-state index contributed by atoms with van der Waals surface area (Å²) >= 11 is 0. The van der Waals surface area contributed by atoms with Crippen LogP contribution in [0, 0.1) is 12.3 Å². The zero-order valence-corrected chi connectivity index (χ0v) is 12.2. The molecule has 0 fully saturated rings. The maximum Gasteiger partial charge on any atom is 0.408 e. The van der Waals surface area contributed by atoms with Crippen molar-refractivity contribution in [2.45, 2.75) is 39.0 Å². The van der Waals surface area contributed by atoms with E-state index in [1.807, 2.05) is 30.3 Å². The van der Waals surface area contributed by atoms with E-state index in [4.69, 9.17) is 15.9 Å². The predicted octanol–water partition coefficient (Wildman–Crippen LogP) is 2.26. The van der Waals surface area contributed by atoms with Gasteiger partial charge in [-0.3, -0.25) is 0 Å². The van der Waals surface area contributed by atoms with Crippen LogP contribution in [-0.2, 0) is 20.9 Å². The summed E-state index contributed by atoms with van der Waals surface area (Å²) in [4.78, 5) is 23.4. The van der Waals surface area contributed by atoms with Crippen molar-refractivity contribution in [1.29, 1.82) is 0 Å². The number of carbonyl (C=O) groups is 2. The highest BCUT2D eigenvalue weighted by Gasteiger charge is 2.22. The fourth-order valence-electron chi connectivity index (χ4n) is 1.53. The van der Waals surface area contributed by atoms with E-state index in [0.29, 0.717) is 0 Å². The number of alkyl carbamates (subject to hydrolysis) is 1. The molecule has 0 radical (unpaired) electrons. The number of amides is 1. The van der Waals surface area contributed by atoms with Crippen molar-refractivity contribution in [2.75, 3.05) is 0 Å². The number of hydrogen-bond donors (Lipinski definition) is 1.